The highest BCUT2D eigenvalue weighted by atomic mass is 19.4. The van der Waals surface area contributed by atoms with Crippen LogP contribution < -0.4 is 14.8 Å². The van der Waals surface area contributed by atoms with Crippen molar-refractivity contribution in [1.29, 1.82) is 0 Å². The normalized spacial score (nSPS) is 11.8. The number of hydrogen-bond donors (Lipinski definition) is 1. The monoisotopic (exact) mass is 623 g/mol. The smallest absolute Gasteiger partial charge is 0.422 e. The number of alkyl halides is 3. The van der Waals surface area contributed by atoms with Crippen LogP contribution in [-0.4, -0.2) is 44.0 Å². The number of rotatable bonds is 8. The van der Waals surface area contributed by atoms with Gasteiger partial charge in [0.25, 0.3) is 0 Å². The van der Waals surface area contributed by atoms with E-state index in [1.165, 1.54) is 22.9 Å². The third-order valence-electron chi connectivity index (χ3n) is 6.38. The summed E-state index contributed by atoms with van der Waals surface area (Å²) in [5, 5.41) is 2.60. The third kappa shape index (κ3) is 7.48. The van der Waals surface area contributed by atoms with E-state index in [1.54, 1.807) is 45.9 Å². The second-order valence-electron chi connectivity index (χ2n) is 11.0. The highest BCUT2D eigenvalue weighted by Crippen LogP contribution is 2.39. The summed E-state index contributed by atoms with van der Waals surface area (Å²) in [6.45, 7) is 5.44. The highest BCUT2D eigenvalue weighted by Gasteiger charge is 2.31. The predicted molar refractivity (Wildman–Crippen MR) is 159 cm³/mol. The lowest BCUT2D eigenvalue weighted by Gasteiger charge is -2.19. The molecule has 0 saturated heterocycles. The second-order valence-corrected chi connectivity index (χ2v) is 11.0. The van der Waals surface area contributed by atoms with Crippen LogP contribution in [-0.2, 0) is 11.3 Å². The molecule has 0 spiro atoms. The zero-order valence-corrected chi connectivity index (χ0v) is 24.8. The van der Waals surface area contributed by atoms with Crippen molar-refractivity contribution in [1.82, 2.24) is 19.5 Å². The molecule has 0 aliphatic carbocycles. The van der Waals surface area contributed by atoms with Crippen molar-refractivity contribution >= 4 is 22.8 Å². The molecular formula is C32H29F4N5O4. The number of benzene rings is 2. The Hall–Kier alpha value is -5.20. The zero-order chi connectivity index (χ0) is 32.4. The molecule has 0 saturated carbocycles. The molecule has 2 aromatic carbocycles. The number of nitrogens with one attached hydrogen (secondary N) is 1. The van der Waals surface area contributed by atoms with E-state index >= 15 is 4.39 Å². The number of ether oxygens (including phenoxy) is 3. The first-order chi connectivity index (χ1) is 21.3. The van der Waals surface area contributed by atoms with Gasteiger partial charge in [-0.15, -0.1) is 0 Å². The number of amides is 1. The summed E-state index contributed by atoms with van der Waals surface area (Å²) in [7, 11) is 0. The minimum atomic E-state index is -4.63. The van der Waals surface area contributed by atoms with Gasteiger partial charge >= 0.3 is 12.3 Å². The van der Waals surface area contributed by atoms with Crippen molar-refractivity contribution in [3.63, 3.8) is 0 Å². The van der Waals surface area contributed by atoms with Crippen LogP contribution in [0.3, 0.4) is 0 Å². The van der Waals surface area contributed by atoms with E-state index in [0.29, 0.717) is 22.6 Å². The maximum absolute atomic E-state index is 15.5. The maximum Gasteiger partial charge on any atom is 0.422 e. The minimum absolute atomic E-state index is 0.0159. The quantitative estimate of drug-likeness (QED) is 0.176. The number of hydrogen-bond acceptors (Lipinski definition) is 7. The summed E-state index contributed by atoms with van der Waals surface area (Å²) in [4.78, 5) is 25.0. The lowest BCUT2D eigenvalue weighted by atomic mass is 10.1. The molecule has 1 N–H and O–H groups in total. The Morgan fingerprint density at radius 3 is 2.36 bits per heavy atom. The first-order valence-corrected chi connectivity index (χ1v) is 13.8. The van der Waals surface area contributed by atoms with E-state index < -0.39 is 30.3 Å². The second kappa shape index (κ2) is 12.4. The van der Waals surface area contributed by atoms with Crippen LogP contribution in [0.25, 0.3) is 28.1 Å². The van der Waals surface area contributed by atoms with Crippen molar-refractivity contribution in [2.45, 2.75) is 46.1 Å². The Labute approximate surface area is 255 Å². The molecule has 0 fully saturated rings. The van der Waals surface area contributed by atoms with E-state index in [4.69, 9.17) is 14.2 Å². The van der Waals surface area contributed by atoms with E-state index in [2.05, 4.69) is 20.3 Å². The fourth-order valence-electron chi connectivity index (χ4n) is 4.56. The first-order valence-electron chi connectivity index (χ1n) is 13.8. The molecule has 5 aromatic rings. The van der Waals surface area contributed by atoms with Gasteiger partial charge in [-0.25, -0.2) is 14.2 Å². The standard InChI is InChI=1S/C32H29F4N5O4/c1-19-26-28(29(39-18-38-26)44-17-32(34,35)36)41(22-11-13-25(23(33)14-22)43-16-20-8-6-5-7-9-20)27(19)24-12-10-21(15-37-24)40-30(42)45-31(2,3)4/h5-15,18H,16-17H2,1-4H3,(H,40,42). The molecule has 0 aliphatic heterocycles. The van der Waals surface area contributed by atoms with E-state index in [1.807, 2.05) is 30.3 Å². The molecule has 3 aromatic heterocycles. The molecule has 45 heavy (non-hydrogen) atoms. The van der Waals surface area contributed by atoms with Gasteiger partial charge in [-0.3, -0.25) is 10.3 Å². The van der Waals surface area contributed by atoms with Crippen molar-refractivity contribution in [3.8, 4) is 28.7 Å². The van der Waals surface area contributed by atoms with Crippen LogP contribution in [0.5, 0.6) is 11.6 Å². The van der Waals surface area contributed by atoms with Crippen LogP contribution in [0.2, 0.25) is 0 Å². The molecule has 9 nitrogen and oxygen atoms in total. The Morgan fingerprint density at radius 2 is 1.71 bits per heavy atom. The number of pyridine rings is 1. The van der Waals surface area contributed by atoms with Gasteiger partial charge in [-0.05, 0) is 57.5 Å². The summed E-state index contributed by atoms with van der Waals surface area (Å²) in [6, 6.07) is 16.6. The fraction of sp³-hybridized carbons (Fsp3) is 0.250. The molecule has 0 radical (unpaired) electrons. The van der Waals surface area contributed by atoms with Crippen molar-refractivity contribution in [3.05, 3.63) is 90.1 Å². The Morgan fingerprint density at radius 1 is 0.956 bits per heavy atom. The number of nitrogens with zero attached hydrogens (tertiary/aromatic N) is 4. The van der Waals surface area contributed by atoms with E-state index in [-0.39, 0.29) is 35.0 Å². The number of aromatic nitrogens is 4. The van der Waals surface area contributed by atoms with Crippen molar-refractivity contribution in [2.75, 3.05) is 11.9 Å². The Bertz CT molecular complexity index is 1820. The SMILES string of the molecule is Cc1c(-c2ccc(NC(=O)OC(C)(C)C)cn2)n(-c2ccc(OCc3ccccc3)c(F)c2)c2c(OCC(F)(F)F)ncnc12. The minimum Gasteiger partial charge on any atom is -0.486 e. The zero-order valence-electron chi connectivity index (χ0n) is 24.8. The molecule has 0 aliphatic rings. The average Bonchev–Trinajstić information content (AvgIpc) is 3.27. The summed E-state index contributed by atoms with van der Waals surface area (Å²) < 4.78 is 72.4. The fourth-order valence-corrected chi connectivity index (χ4v) is 4.56. The molecule has 1 amide bonds. The van der Waals surface area contributed by atoms with E-state index in [0.717, 1.165) is 11.9 Å². The topological polar surface area (TPSA) is 100 Å². The average molecular weight is 624 g/mol. The van der Waals surface area contributed by atoms with Gasteiger partial charge in [0.15, 0.2) is 18.2 Å². The largest absolute Gasteiger partial charge is 0.486 e. The molecule has 0 unspecified atom stereocenters. The van der Waals surface area contributed by atoms with Gasteiger partial charge in [0, 0.05) is 17.3 Å². The lowest BCUT2D eigenvalue weighted by Crippen LogP contribution is -2.27. The lowest BCUT2D eigenvalue weighted by molar-refractivity contribution is -0.153. The molecule has 234 valence electrons. The maximum atomic E-state index is 15.5. The number of carbonyl (C=O) groups excluding carboxylic acids is 1. The summed E-state index contributed by atoms with van der Waals surface area (Å²) in [6.07, 6.45) is -2.81. The Balaban J connectivity index is 1.58. The number of carbonyl (C=O) groups is 1. The van der Waals surface area contributed by atoms with Crippen LogP contribution >= 0.6 is 0 Å². The summed E-state index contributed by atoms with van der Waals surface area (Å²) in [5.41, 5.74) is 2.34. The van der Waals surface area contributed by atoms with Crippen LogP contribution in [0.1, 0.15) is 31.9 Å². The van der Waals surface area contributed by atoms with Crippen LogP contribution in [0.15, 0.2) is 73.2 Å². The molecule has 3 heterocycles. The van der Waals surface area contributed by atoms with Gasteiger partial charge in [0.1, 0.15) is 24.1 Å². The molecule has 0 atom stereocenters. The van der Waals surface area contributed by atoms with Gasteiger partial charge in [0.05, 0.1) is 28.8 Å². The van der Waals surface area contributed by atoms with Gasteiger partial charge < -0.3 is 18.8 Å². The van der Waals surface area contributed by atoms with E-state index in [9.17, 15) is 18.0 Å². The van der Waals surface area contributed by atoms with Gasteiger partial charge in [-0.1, -0.05) is 30.3 Å². The number of halogens is 4. The van der Waals surface area contributed by atoms with Crippen molar-refractivity contribution in [2.24, 2.45) is 0 Å². The number of anilines is 1. The van der Waals surface area contributed by atoms with Gasteiger partial charge in [-0.2, -0.15) is 18.2 Å². The molecule has 13 heteroatoms. The number of aryl methyl sites for hydroxylation is 1. The molecule has 5 rings (SSSR count). The summed E-state index contributed by atoms with van der Waals surface area (Å²) in [5.74, 6) is -1.06. The van der Waals surface area contributed by atoms with Crippen LogP contribution in [0, 0.1) is 12.7 Å². The Kier molecular flexibility index (Phi) is 8.62. The van der Waals surface area contributed by atoms with Crippen LogP contribution in [0.4, 0.5) is 28.0 Å². The van der Waals surface area contributed by atoms with Crippen molar-refractivity contribution < 1.29 is 36.6 Å². The summed E-state index contributed by atoms with van der Waals surface area (Å²) >= 11 is 0. The highest BCUT2D eigenvalue weighted by molar-refractivity contribution is 5.93. The van der Waals surface area contributed by atoms with Gasteiger partial charge in [0.2, 0.25) is 5.88 Å². The predicted octanol–water partition coefficient (Wildman–Crippen LogP) is 7.80. The third-order valence-corrected chi connectivity index (χ3v) is 6.38. The first kappa shape index (κ1) is 31.2. The molecule has 0 bridgehead atoms. The molecular weight excluding hydrogens is 594 g/mol. The number of fused-ring (bicyclic) bond motifs is 1.